The van der Waals surface area contributed by atoms with Gasteiger partial charge in [-0.25, -0.2) is 4.39 Å². The highest BCUT2D eigenvalue weighted by Gasteiger charge is 2.17. The van der Waals surface area contributed by atoms with E-state index in [1.54, 1.807) is 13.2 Å². The van der Waals surface area contributed by atoms with Crippen LogP contribution in [0.25, 0.3) is 0 Å². The van der Waals surface area contributed by atoms with Crippen LogP contribution < -0.4 is 10.1 Å². The van der Waals surface area contributed by atoms with Crippen LogP contribution in [0.4, 0.5) is 4.39 Å². The highest BCUT2D eigenvalue weighted by Crippen LogP contribution is 2.23. The normalized spacial score (nSPS) is 11.3. The maximum atomic E-state index is 13.7. The molecule has 0 heterocycles. The Morgan fingerprint density at radius 3 is 2.83 bits per heavy atom. The zero-order valence-electron chi connectivity index (χ0n) is 12.5. The molecule has 0 aliphatic carbocycles. The van der Waals surface area contributed by atoms with Crippen molar-refractivity contribution in [2.45, 2.75) is 10.9 Å². The summed E-state index contributed by atoms with van der Waals surface area (Å²) in [7, 11) is 1.57. The number of hydrogen-bond acceptors (Lipinski definition) is 4. The number of rotatable bonds is 6. The van der Waals surface area contributed by atoms with Gasteiger partial charge in [0.25, 0.3) is 0 Å². The second-order valence-corrected chi connectivity index (χ2v) is 5.67. The summed E-state index contributed by atoms with van der Waals surface area (Å²) >= 11 is 1.31. The van der Waals surface area contributed by atoms with E-state index in [9.17, 15) is 9.18 Å². The topological polar surface area (TPSA) is 62.1 Å². The molecule has 118 valence electrons. The molecule has 0 radical (unpaired) electrons. The third-order valence-electron chi connectivity index (χ3n) is 3.06. The molecule has 0 saturated carbocycles. The van der Waals surface area contributed by atoms with Crippen molar-refractivity contribution in [1.82, 2.24) is 5.32 Å². The molecule has 1 atom stereocenters. The van der Waals surface area contributed by atoms with Crippen LogP contribution in [0.5, 0.6) is 5.75 Å². The molecule has 0 aliphatic rings. The quantitative estimate of drug-likeness (QED) is 0.826. The molecule has 0 aromatic heterocycles. The first-order valence-corrected chi connectivity index (χ1v) is 7.83. The monoisotopic (exact) mass is 330 g/mol. The Hall–Kier alpha value is -2.52. The van der Waals surface area contributed by atoms with Crippen molar-refractivity contribution in [2.24, 2.45) is 0 Å². The van der Waals surface area contributed by atoms with E-state index in [4.69, 9.17) is 10.00 Å². The summed E-state index contributed by atoms with van der Waals surface area (Å²) in [5.74, 6) is -0.0242. The number of benzene rings is 2. The van der Waals surface area contributed by atoms with E-state index in [1.165, 1.54) is 30.0 Å². The van der Waals surface area contributed by atoms with Crippen LogP contribution in [0.15, 0.2) is 53.4 Å². The van der Waals surface area contributed by atoms with Gasteiger partial charge in [0.05, 0.1) is 18.9 Å². The molecule has 4 nitrogen and oxygen atoms in total. The van der Waals surface area contributed by atoms with Crippen molar-refractivity contribution < 1.29 is 13.9 Å². The van der Waals surface area contributed by atoms with Gasteiger partial charge in [0, 0.05) is 10.5 Å². The molecule has 0 saturated heterocycles. The van der Waals surface area contributed by atoms with Crippen LogP contribution in [0, 0.1) is 17.1 Å². The largest absolute Gasteiger partial charge is 0.497 e. The fraction of sp³-hybridized carbons (Fsp3) is 0.176. The second kappa shape index (κ2) is 8.20. The molecule has 0 aliphatic heterocycles. The lowest BCUT2D eigenvalue weighted by atomic mass is 10.1. The van der Waals surface area contributed by atoms with Gasteiger partial charge in [-0.05, 0) is 24.3 Å². The van der Waals surface area contributed by atoms with E-state index in [2.05, 4.69) is 5.32 Å². The summed E-state index contributed by atoms with van der Waals surface area (Å²) in [4.78, 5) is 12.9. The summed E-state index contributed by atoms with van der Waals surface area (Å²) < 4.78 is 18.8. The number of carbonyl (C=O) groups is 1. The van der Waals surface area contributed by atoms with Gasteiger partial charge < -0.3 is 10.1 Å². The van der Waals surface area contributed by atoms with E-state index in [0.29, 0.717) is 5.75 Å². The molecule has 0 spiro atoms. The fourth-order valence-electron chi connectivity index (χ4n) is 1.93. The van der Waals surface area contributed by atoms with Gasteiger partial charge in [0.15, 0.2) is 0 Å². The zero-order chi connectivity index (χ0) is 16.7. The first-order chi connectivity index (χ1) is 11.1. The Labute approximate surface area is 138 Å². The first kappa shape index (κ1) is 16.8. The number of ether oxygens (including phenoxy) is 1. The molecule has 1 amide bonds. The number of nitrogens with zero attached hydrogens (tertiary/aromatic N) is 1. The van der Waals surface area contributed by atoms with Gasteiger partial charge >= 0.3 is 0 Å². The molecular weight excluding hydrogens is 315 g/mol. The molecular formula is C17H15FN2O2S. The van der Waals surface area contributed by atoms with Gasteiger partial charge in [-0.1, -0.05) is 24.3 Å². The van der Waals surface area contributed by atoms with Gasteiger partial charge in [0.1, 0.15) is 17.6 Å². The molecule has 1 N–H and O–H groups in total. The number of nitrogens with one attached hydrogen (secondary N) is 1. The lowest BCUT2D eigenvalue weighted by Gasteiger charge is -2.12. The number of hydrogen-bond donors (Lipinski definition) is 1. The summed E-state index contributed by atoms with van der Waals surface area (Å²) in [5, 5.41) is 11.7. The standard InChI is InChI=1S/C17H15FN2O2S/c1-22-12-5-4-6-13(9-12)23-11-17(21)20-16(10-19)14-7-2-3-8-15(14)18/h2-9,16H,11H2,1H3,(H,20,21). The Bertz CT molecular complexity index is 731. The smallest absolute Gasteiger partial charge is 0.231 e. The van der Waals surface area contributed by atoms with Crippen molar-refractivity contribution in [3.8, 4) is 11.8 Å². The third-order valence-corrected chi connectivity index (χ3v) is 4.06. The summed E-state index contributed by atoms with van der Waals surface area (Å²) in [6, 6.07) is 14.1. The number of carbonyl (C=O) groups excluding carboxylic acids is 1. The minimum Gasteiger partial charge on any atom is -0.497 e. The van der Waals surface area contributed by atoms with Crippen molar-refractivity contribution in [2.75, 3.05) is 12.9 Å². The summed E-state index contributed by atoms with van der Waals surface area (Å²) in [6.07, 6.45) is 0. The molecule has 2 rings (SSSR count). The van der Waals surface area contributed by atoms with Gasteiger partial charge in [-0.2, -0.15) is 5.26 Å². The average Bonchev–Trinajstić information content (AvgIpc) is 2.59. The fourth-order valence-corrected chi connectivity index (χ4v) is 2.69. The van der Waals surface area contributed by atoms with Crippen LogP contribution in [0.2, 0.25) is 0 Å². The van der Waals surface area contributed by atoms with Crippen LogP contribution >= 0.6 is 11.8 Å². The molecule has 2 aromatic rings. The highest BCUT2D eigenvalue weighted by molar-refractivity contribution is 8.00. The Balaban J connectivity index is 1.95. The van der Waals surface area contributed by atoms with Crippen molar-refractivity contribution in [1.29, 1.82) is 5.26 Å². The third kappa shape index (κ3) is 4.73. The predicted octanol–water partition coefficient (Wildman–Crippen LogP) is 3.31. The molecule has 2 aromatic carbocycles. The van der Waals surface area contributed by atoms with Crippen molar-refractivity contribution in [3.63, 3.8) is 0 Å². The van der Waals surface area contributed by atoms with E-state index < -0.39 is 11.9 Å². The average molecular weight is 330 g/mol. The van der Waals surface area contributed by atoms with Crippen LogP contribution in [-0.4, -0.2) is 18.8 Å². The summed E-state index contributed by atoms with van der Waals surface area (Å²) in [5.41, 5.74) is 0.162. The van der Waals surface area contributed by atoms with Crippen molar-refractivity contribution >= 4 is 17.7 Å². The van der Waals surface area contributed by atoms with E-state index >= 15 is 0 Å². The predicted molar refractivity (Wildman–Crippen MR) is 86.6 cm³/mol. The maximum absolute atomic E-state index is 13.7. The van der Waals surface area contributed by atoms with Gasteiger partial charge in [0.2, 0.25) is 5.91 Å². The SMILES string of the molecule is COc1cccc(SCC(=O)NC(C#N)c2ccccc2F)c1. The number of nitriles is 1. The van der Waals surface area contributed by atoms with Crippen LogP contribution in [0.1, 0.15) is 11.6 Å². The highest BCUT2D eigenvalue weighted by atomic mass is 32.2. The Morgan fingerprint density at radius 2 is 2.13 bits per heavy atom. The lowest BCUT2D eigenvalue weighted by molar-refractivity contribution is -0.118. The molecule has 6 heteroatoms. The van der Waals surface area contributed by atoms with Crippen LogP contribution in [-0.2, 0) is 4.79 Å². The maximum Gasteiger partial charge on any atom is 0.231 e. The van der Waals surface area contributed by atoms with Gasteiger partial charge in [-0.15, -0.1) is 11.8 Å². The Kier molecular flexibility index (Phi) is 6.01. The first-order valence-electron chi connectivity index (χ1n) is 6.84. The minimum absolute atomic E-state index is 0.125. The van der Waals surface area contributed by atoms with E-state index in [1.807, 2.05) is 30.3 Å². The van der Waals surface area contributed by atoms with E-state index in [0.717, 1.165) is 4.90 Å². The number of thioether (sulfide) groups is 1. The molecule has 23 heavy (non-hydrogen) atoms. The van der Waals surface area contributed by atoms with Crippen LogP contribution in [0.3, 0.4) is 0 Å². The van der Waals surface area contributed by atoms with Crippen molar-refractivity contribution in [3.05, 3.63) is 59.9 Å². The zero-order valence-corrected chi connectivity index (χ0v) is 13.3. The number of halogens is 1. The molecule has 1 unspecified atom stereocenters. The van der Waals surface area contributed by atoms with Gasteiger partial charge in [-0.3, -0.25) is 4.79 Å². The summed E-state index contributed by atoms with van der Waals surface area (Å²) in [6.45, 7) is 0. The number of amides is 1. The van der Waals surface area contributed by atoms with E-state index in [-0.39, 0.29) is 17.2 Å². The Morgan fingerprint density at radius 1 is 1.35 bits per heavy atom. The lowest BCUT2D eigenvalue weighted by Crippen LogP contribution is -2.29. The molecule has 0 bridgehead atoms. The minimum atomic E-state index is -1.00. The second-order valence-electron chi connectivity index (χ2n) is 4.62. The molecule has 0 fully saturated rings. The number of methoxy groups -OCH3 is 1.